The van der Waals surface area contributed by atoms with Gasteiger partial charge in [-0.15, -0.1) is 11.3 Å². The number of nitrogens with one attached hydrogen (secondary N) is 1. The van der Waals surface area contributed by atoms with E-state index >= 15 is 0 Å². The largest absolute Gasteiger partial charge is 0.507 e. The van der Waals surface area contributed by atoms with Gasteiger partial charge >= 0.3 is 0 Å². The molecule has 1 atom stereocenters. The molecule has 2 aromatic rings. The van der Waals surface area contributed by atoms with Gasteiger partial charge in [-0.25, -0.2) is 0 Å². The number of thiophene rings is 1. The maximum atomic E-state index is 9.49. The van der Waals surface area contributed by atoms with Crippen molar-refractivity contribution in [1.29, 1.82) is 0 Å². The summed E-state index contributed by atoms with van der Waals surface area (Å²) in [6.45, 7) is 3.01. The molecule has 4 heteroatoms. The summed E-state index contributed by atoms with van der Waals surface area (Å²) in [7, 11) is 0. The van der Waals surface area contributed by atoms with E-state index in [2.05, 4.69) is 45.7 Å². The minimum absolute atomic E-state index is 0.284. The normalized spacial score (nSPS) is 12.5. The number of halogens is 1. The Kier molecular flexibility index (Phi) is 5.43. The van der Waals surface area contributed by atoms with Gasteiger partial charge in [0.25, 0.3) is 0 Å². The predicted molar refractivity (Wildman–Crippen MR) is 84.6 cm³/mol. The average Bonchev–Trinajstić information content (AvgIpc) is 2.92. The van der Waals surface area contributed by atoms with Crippen molar-refractivity contribution in [3.8, 4) is 5.75 Å². The van der Waals surface area contributed by atoms with Gasteiger partial charge in [0.05, 0.1) is 4.47 Å². The molecule has 102 valence electrons. The lowest BCUT2D eigenvalue weighted by atomic mass is 10.1. The van der Waals surface area contributed by atoms with Gasteiger partial charge in [-0.2, -0.15) is 0 Å². The monoisotopic (exact) mass is 339 g/mol. The molecule has 0 aliphatic rings. The molecule has 2 nitrogen and oxygen atoms in total. The molecule has 0 fully saturated rings. The lowest BCUT2D eigenvalue weighted by Gasteiger charge is -2.17. The molecule has 0 saturated carbocycles. The van der Waals surface area contributed by atoms with Crippen molar-refractivity contribution in [2.24, 2.45) is 0 Å². The molecule has 0 aliphatic carbocycles. The van der Waals surface area contributed by atoms with Crippen LogP contribution in [0.5, 0.6) is 5.75 Å². The van der Waals surface area contributed by atoms with Crippen molar-refractivity contribution in [3.05, 3.63) is 50.6 Å². The quantitative estimate of drug-likeness (QED) is 0.788. The molecule has 1 unspecified atom stereocenters. The van der Waals surface area contributed by atoms with Gasteiger partial charge in [0.15, 0.2) is 0 Å². The molecule has 2 N–H and O–H groups in total. The Hall–Kier alpha value is -0.840. The predicted octanol–water partition coefficient (Wildman–Crippen LogP) is 4.85. The van der Waals surface area contributed by atoms with Crippen LogP contribution >= 0.6 is 27.3 Å². The summed E-state index contributed by atoms with van der Waals surface area (Å²) in [4.78, 5) is 1.39. The van der Waals surface area contributed by atoms with Crippen molar-refractivity contribution >= 4 is 27.3 Å². The van der Waals surface area contributed by atoms with Gasteiger partial charge in [0.2, 0.25) is 0 Å². The zero-order valence-corrected chi connectivity index (χ0v) is 13.3. The molecule has 1 aromatic carbocycles. The molecule has 1 heterocycles. The number of aromatic hydroxyl groups is 1. The van der Waals surface area contributed by atoms with Crippen LogP contribution in [-0.4, -0.2) is 5.11 Å². The first-order valence-electron chi connectivity index (χ1n) is 6.45. The topological polar surface area (TPSA) is 32.3 Å². The lowest BCUT2D eigenvalue weighted by molar-refractivity contribution is 0.470. The van der Waals surface area contributed by atoms with Gasteiger partial charge < -0.3 is 10.4 Å². The van der Waals surface area contributed by atoms with E-state index in [1.54, 1.807) is 17.4 Å². The molecule has 0 amide bonds. The smallest absolute Gasteiger partial charge is 0.129 e. The van der Waals surface area contributed by atoms with Crippen molar-refractivity contribution in [2.45, 2.75) is 32.4 Å². The van der Waals surface area contributed by atoms with Crippen molar-refractivity contribution in [3.63, 3.8) is 0 Å². The second-order valence-electron chi connectivity index (χ2n) is 4.52. The summed E-state index contributed by atoms with van der Waals surface area (Å²) >= 11 is 5.15. The highest BCUT2D eigenvalue weighted by Crippen LogP contribution is 2.26. The van der Waals surface area contributed by atoms with Gasteiger partial charge in [-0.1, -0.05) is 25.5 Å². The van der Waals surface area contributed by atoms with Gasteiger partial charge in [0, 0.05) is 17.5 Å². The Morgan fingerprint density at radius 3 is 2.84 bits per heavy atom. The third-order valence-corrected chi connectivity index (χ3v) is 4.65. The molecular formula is C15H18BrNOS. The number of benzene rings is 1. The molecule has 19 heavy (non-hydrogen) atoms. The van der Waals surface area contributed by atoms with Crippen LogP contribution in [0.4, 0.5) is 0 Å². The van der Waals surface area contributed by atoms with Crippen LogP contribution in [0.2, 0.25) is 0 Å². The second-order valence-corrected chi connectivity index (χ2v) is 6.36. The minimum Gasteiger partial charge on any atom is -0.507 e. The van der Waals surface area contributed by atoms with Crippen LogP contribution in [-0.2, 0) is 6.54 Å². The number of rotatable bonds is 6. The van der Waals surface area contributed by atoms with E-state index in [1.807, 2.05) is 12.1 Å². The van der Waals surface area contributed by atoms with Gasteiger partial charge in [-0.05, 0) is 51.5 Å². The zero-order chi connectivity index (χ0) is 13.7. The second kappa shape index (κ2) is 7.08. The molecule has 1 aromatic heterocycles. The Morgan fingerprint density at radius 2 is 2.21 bits per heavy atom. The summed E-state index contributed by atoms with van der Waals surface area (Å²) in [5.41, 5.74) is 1.17. The van der Waals surface area contributed by atoms with Crippen LogP contribution in [0.3, 0.4) is 0 Å². The fourth-order valence-corrected chi connectivity index (χ4v) is 3.29. The third kappa shape index (κ3) is 4.06. The Bertz CT molecular complexity index is 513. The minimum atomic E-state index is 0.284. The van der Waals surface area contributed by atoms with Crippen molar-refractivity contribution < 1.29 is 5.11 Å². The van der Waals surface area contributed by atoms with Gasteiger partial charge in [0.1, 0.15) is 5.75 Å². The molecular weight excluding hydrogens is 322 g/mol. The number of hydrogen-bond acceptors (Lipinski definition) is 3. The van der Waals surface area contributed by atoms with E-state index in [4.69, 9.17) is 0 Å². The third-order valence-electron chi connectivity index (χ3n) is 3.03. The average molecular weight is 340 g/mol. The Labute approximate surface area is 126 Å². The number of hydrogen-bond donors (Lipinski definition) is 2. The number of phenolic OH excluding ortho intramolecular Hbond substituents is 1. The molecule has 0 radical (unpaired) electrons. The molecule has 0 bridgehead atoms. The standard InChI is InChI=1S/C15H18BrNOS/c1-2-4-13(15-5-3-8-19-15)17-10-11-6-7-14(18)12(16)9-11/h3,5-9,13,17-18H,2,4,10H2,1H3. The van der Waals surface area contributed by atoms with E-state index in [1.165, 1.54) is 10.4 Å². The fourth-order valence-electron chi connectivity index (χ4n) is 2.02. The van der Waals surface area contributed by atoms with Crippen LogP contribution in [0.1, 0.15) is 36.2 Å². The first kappa shape index (κ1) is 14.6. The Balaban J connectivity index is 2.00. The van der Waals surface area contributed by atoms with Crippen molar-refractivity contribution in [2.75, 3.05) is 0 Å². The first-order chi connectivity index (χ1) is 9.20. The summed E-state index contributed by atoms with van der Waals surface area (Å²) in [6.07, 6.45) is 2.30. The van der Waals surface area contributed by atoms with Crippen molar-refractivity contribution in [1.82, 2.24) is 5.32 Å². The van der Waals surface area contributed by atoms with E-state index in [0.717, 1.165) is 23.9 Å². The first-order valence-corrected chi connectivity index (χ1v) is 8.12. The van der Waals surface area contributed by atoms with Crippen LogP contribution in [0.25, 0.3) is 0 Å². The molecule has 2 rings (SSSR count). The maximum absolute atomic E-state index is 9.49. The summed E-state index contributed by atoms with van der Waals surface area (Å²) in [5.74, 6) is 0.284. The SMILES string of the molecule is CCCC(NCc1ccc(O)c(Br)c1)c1cccs1. The highest BCUT2D eigenvalue weighted by molar-refractivity contribution is 9.10. The lowest BCUT2D eigenvalue weighted by Crippen LogP contribution is -2.19. The Morgan fingerprint density at radius 1 is 1.37 bits per heavy atom. The van der Waals surface area contributed by atoms with Gasteiger partial charge in [-0.3, -0.25) is 0 Å². The maximum Gasteiger partial charge on any atom is 0.129 e. The van der Waals surface area contributed by atoms with E-state index in [0.29, 0.717) is 6.04 Å². The molecule has 0 aliphatic heterocycles. The number of phenols is 1. The van der Waals surface area contributed by atoms with E-state index in [9.17, 15) is 5.11 Å². The van der Waals surface area contributed by atoms with Crippen LogP contribution in [0.15, 0.2) is 40.2 Å². The summed E-state index contributed by atoms with van der Waals surface area (Å²) < 4.78 is 0.745. The van der Waals surface area contributed by atoms with E-state index in [-0.39, 0.29) is 5.75 Å². The zero-order valence-electron chi connectivity index (χ0n) is 10.9. The summed E-state index contributed by atoms with van der Waals surface area (Å²) in [5, 5.41) is 15.2. The highest BCUT2D eigenvalue weighted by Gasteiger charge is 2.11. The van der Waals surface area contributed by atoms with Crippen LogP contribution < -0.4 is 5.32 Å². The van der Waals surface area contributed by atoms with Crippen LogP contribution in [0, 0.1) is 0 Å². The highest BCUT2D eigenvalue weighted by atomic mass is 79.9. The van der Waals surface area contributed by atoms with E-state index < -0.39 is 0 Å². The summed E-state index contributed by atoms with van der Waals surface area (Å²) in [6, 6.07) is 10.3. The molecule has 0 saturated heterocycles. The molecule has 0 spiro atoms. The fraction of sp³-hybridized carbons (Fsp3) is 0.333.